The highest BCUT2D eigenvalue weighted by Crippen LogP contribution is 2.22. The number of hydrogen-bond acceptors (Lipinski definition) is 2. The molecule has 1 saturated carbocycles. The Kier molecular flexibility index (Phi) is 5.48. The minimum absolute atomic E-state index is 0.0490. The summed E-state index contributed by atoms with van der Waals surface area (Å²) >= 11 is 0. The summed E-state index contributed by atoms with van der Waals surface area (Å²) in [5.41, 5.74) is 0.0887. The fourth-order valence-electron chi connectivity index (χ4n) is 3.75. The van der Waals surface area contributed by atoms with Crippen LogP contribution < -0.4 is 5.32 Å². The molecule has 1 aromatic carbocycles. The molecule has 2 fully saturated rings. The molecule has 1 aliphatic carbocycles. The molecule has 130 valence electrons. The number of hydrogen-bond donors (Lipinski definition) is 1. The number of amides is 2. The number of carbonyl (C=O) groups is 2. The first-order chi connectivity index (χ1) is 11.6. The summed E-state index contributed by atoms with van der Waals surface area (Å²) in [7, 11) is 0. The van der Waals surface area contributed by atoms with Gasteiger partial charge < -0.3 is 10.2 Å². The maximum atomic E-state index is 13.8. The maximum absolute atomic E-state index is 13.8. The molecule has 0 aromatic heterocycles. The van der Waals surface area contributed by atoms with Gasteiger partial charge in [0.1, 0.15) is 5.82 Å². The van der Waals surface area contributed by atoms with Crippen molar-refractivity contribution in [1.29, 1.82) is 0 Å². The van der Waals surface area contributed by atoms with Crippen molar-refractivity contribution in [2.45, 2.75) is 51.0 Å². The zero-order valence-electron chi connectivity index (χ0n) is 14.0. The number of likely N-dealkylation sites (tertiary alicyclic amines) is 1. The van der Waals surface area contributed by atoms with Crippen molar-refractivity contribution < 1.29 is 14.0 Å². The van der Waals surface area contributed by atoms with Gasteiger partial charge in [-0.25, -0.2) is 4.39 Å². The Hall–Kier alpha value is -1.91. The second-order valence-corrected chi connectivity index (χ2v) is 6.91. The van der Waals surface area contributed by atoms with Crippen LogP contribution in [0.25, 0.3) is 0 Å². The quantitative estimate of drug-likeness (QED) is 0.924. The lowest BCUT2D eigenvalue weighted by molar-refractivity contribution is -0.127. The van der Waals surface area contributed by atoms with Crippen LogP contribution in [0.1, 0.15) is 55.3 Å². The summed E-state index contributed by atoms with van der Waals surface area (Å²) in [4.78, 5) is 26.7. The van der Waals surface area contributed by atoms with E-state index in [1.54, 1.807) is 17.0 Å². The van der Waals surface area contributed by atoms with Crippen LogP contribution in [0, 0.1) is 11.7 Å². The average Bonchev–Trinajstić information content (AvgIpc) is 2.62. The Bertz CT molecular complexity index is 599. The van der Waals surface area contributed by atoms with Crippen molar-refractivity contribution in [3.05, 3.63) is 35.6 Å². The maximum Gasteiger partial charge on any atom is 0.256 e. The Morgan fingerprint density at radius 1 is 1.04 bits per heavy atom. The lowest BCUT2D eigenvalue weighted by Gasteiger charge is -2.33. The van der Waals surface area contributed by atoms with Gasteiger partial charge in [-0.15, -0.1) is 0 Å². The molecule has 5 heteroatoms. The molecule has 4 nitrogen and oxygen atoms in total. The molecule has 1 unspecified atom stereocenters. The van der Waals surface area contributed by atoms with Gasteiger partial charge in [-0.1, -0.05) is 31.4 Å². The predicted octanol–water partition coefficient (Wildman–Crippen LogP) is 3.13. The van der Waals surface area contributed by atoms with Crippen LogP contribution in [0.4, 0.5) is 4.39 Å². The zero-order chi connectivity index (χ0) is 16.9. The van der Waals surface area contributed by atoms with Gasteiger partial charge in [-0.2, -0.15) is 0 Å². The Labute approximate surface area is 142 Å². The van der Waals surface area contributed by atoms with E-state index in [2.05, 4.69) is 5.32 Å². The first-order valence-corrected chi connectivity index (χ1v) is 8.99. The summed E-state index contributed by atoms with van der Waals surface area (Å²) in [6, 6.07) is 6.31. The van der Waals surface area contributed by atoms with Gasteiger partial charge in [0, 0.05) is 19.1 Å². The Morgan fingerprint density at radius 2 is 1.79 bits per heavy atom. The van der Waals surface area contributed by atoms with E-state index in [-0.39, 0.29) is 29.3 Å². The molecule has 1 heterocycles. The second kappa shape index (κ2) is 7.77. The first-order valence-electron chi connectivity index (χ1n) is 8.99. The minimum atomic E-state index is -0.503. The van der Waals surface area contributed by atoms with E-state index in [0.717, 1.165) is 25.7 Å². The third-order valence-electron chi connectivity index (χ3n) is 5.14. The zero-order valence-corrected chi connectivity index (χ0v) is 14.0. The summed E-state index contributed by atoms with van der Waals surface area (Å²) in [6.45, 7) is 0.964. The normalized spacial score (nSPS) is 22.2. The smallest absolute Gasteiger partial charge is 0.256 e. The molecule has 1 aliphatic heterocycles. The van der Waals surface area contributed by atoms with Crippen molar-refractivity contribution >= 4 is 11.8 Å². The monoisotopic (exact) mass is 332 g/mol. The highest BCUT2D eigenvalue weighted by atomic mass is 19.1. The number of benzene rings is 1. The van der Waals surface area contributed by atoms with Crippen molar-refractivity contribution in [3.63, 3.8) is 0 Å². The van der Waals surface area contributed by atoms with Crippen molar-refractivity contribution in [2.75, 3.05) is 13.1 Å². The number of rotatable bonds is 3. The van der Waals surface area contributed by atoms with Gasteiger partial charge in [-0.05, 0) is 37.8 Å². The molecular weight excluding hydrogens is 307 g/mol. The van der Waals surface area contributed by atoms with E-state index in [0.29, 0.717) is 13.1 Å². The van der Waals surface area contributed by atoms with Crippen LogP contribution in [0.2, 0.25) is 0 Å². The highest BCUT2D eigenvalue weighted by molar-refractivity contribution is 5.95. The number of nitrogens with one attached hydrogen (secondary N) is 1. The summed E-state index contributed by atoms with van der Waals surface area (Å²) in [5, 5.41) is 3.15. The van der Waals surface area contributed by atoms with Gasteiger partial charge >= 0.3 is 0 Å². The molecule has 1 saturated heterocycles. The van der Waals surface area contributed by atoms with Gasteiger partial charge in [0.2, 0.25) is 5.91 Å². The average molecular weight is 332 g/mol. The van der Waals surface area contributed by atoms with Crippen molar-refractivity contribution in [3.8, 4) is 0 Å². The predicted molar refractivity (Wildman–Crippen MR) is 90.0 cm³/mol. The van der Waals surface area contributed by atoms with Crippen molar-refractivity contribution in [2.24, 2.45) is 5.92 Å². The van der Waals surface area contributed by atoms with Crippen molar-refractivity contribution in [1.82, 2.24) is 10.2 Å². The Balaban J connectivity index is 1.60. The number of piperidine rings is 1. The molecule has 2 amide bonds. The van der Waals surface area contributed by atoms with E-state index in [1.807, 2.05) is 0 Å². The molecule has 2 aliphatic rings. The molecule has 3 rings (SSSR count). The molecular formula is C19H25FN2O2. The van der Waals surface area contributed by atoms with Gasteiger partial charge in [0.15, 0.2) is 0 Å². The topological polar surface area (TPSA) is 49.4 Å². The van der Waals surface area contributed by atoms with Gasteiger partial charge in [0.25, 0.3) is 5.91 Å². The summed E-state index contributed by atoms with van der Waals surface area (Å²) in [6.07, 6.45) is 7.27. The highest BCUT2D eigenvalue weighted by Gasteiger charge is 2.30. The van der Waals surface area contributed by atoms with E-state index in [1.165, 1.54) is 31.4 Å². The minimum Gasteiger partial charge on any atom is -0.353 e. The first kappa shape index (κ1) is 16.9. The summed E-state index contributed by atoms with van der Waals surface area (Å²) in [5.74, 6) is -0.955. The van der Waals surface area contributed by atoms with Gasteiger partial charge in [-0.3, -0.25) is 9.59 Å². The largest absolute Gasteiger partial charge is 0.353 e. The van der Waals surface area contributed by atoms with E-state index in [4.69, 9.17) is 0 Å². The molecule has 0 spiro atoms. The standard InChI is InChI=1S/C19H25FN2O2/c20-17-11-5-4-10-16(17)19(24)22-12-6-7-14(13-22)18(23)21-15-8-2-1-3-9-15/h4-5,10-11,14-15H,1-3,6-9,12-13H2,(H,21,23). The molecule has 1 atom stereocenters. The lowest BCUT2D eigenvalue weighted by atomic mass is 9.92. The fourth-order valence-corrected chi connectivity index (χ4v) is 3.75. The van der Waals surface area contributed by atoms with E-state index < -0.39 is 5.82 Å². The van der Waals surface area contributed by atoms with Crippen LogP contribution >= 0.6 is 0 Å². The summed E-state index contributed by atoms with van der Waals surface area (Å²) < 4.78 is 13.8. The second-order valence-electron chi connectivity index (χ2n) is 6.91. The molecule has 24 heavy (non-hydrogen) atoms. The molecule has 1 aromatic rings. The van der Waals surface area contributed by atoms with Gasteiger partial charge in [0.05, 0.1) is 11.5 Å². The Morgan fingerprint density at radius 3 is 2.54 bits per heavy atom. The van der Waals surface area contributed by atoms with Crippen LogP contribution in [0.5, 0.6) is 0 Å². The van der Waals surface area contributed by atoms with Crippen LogP contribution in [-0.4, -0.2) is 35.8 Å². The van der Waals surface area contributed by atoms with Crippen LogP contribution in [0.15, 0.2) is 24.3 Å². The fraction of sp³-hybridized carbons (Fsp3) is 0.579. The molecule has 0 radical (unpaired) electrons. The number of halogens is 1. The molecule has 1 N–H and O–H groups in total. The number of carbonyl (C=O) groups excluding carboxylic acids is 2. The third-order valence-corrected chi connectivity index (χ3v) is 5.14. The van der Waals surface area contributed by atoms with E-state index in [9.17, 15) is 14.0 Å². The molecule has 0 bridgehead atoms. The van der Waals surface area contributed by atoms with E-state index >= 15 is 0 Å². The van der Waals surface area contributed by atoms with Crippen LogP contribution in [0.3, 0.4) is 0 Å². The lowest BCUT2D eigenvalue weighted by Crippen LogP contribution is -2.48. The number of nitrogens with zero attached hydrogens (tertiary/aromatic N) is 1. The van der Waals surface area contributed by atoms with Crippen LogP contribution in [-0.2, 0) is 4.79 Å². The SMILES string of the molecule is O=C(NC1CCCCC1)C1CCCN(C(=O)c2ccccc2F)C1. The third kappa shape index (κ3) is 3.94.